The van der Waals surface area contributed by atoms with Gasteiger partial charge in [0.25, 0.3) is 0 Å². The Kier molecular flexibility index (Phi) is 7.37. The van der Waals surface area contributed by atoms with Gasteiger partial charge in [-0.1, -0.05) is 54.2 Å². The van der Waals surface area contributed by atoms with Gasteiger partial charge in [-0.15, -0.1) is 0 Å². The monoisotopic (exact) mass is 398 g/mol. The molecule has 3 nitrogen and oxygen atoms in total. The molecule has 0 bridgehead atoms. The van der Waals surface area contributed by atoms with E-state index in [0.29, 0.717) is 0 Å². The Morgan fingerprint density at radius 1 is 1.00 bits per heavy atom. The fourth-order valence-corrected chi connectivity index (χ4v) is 5.38. The van der Waals surface area contributed by atoms with Crippen LogP contribution in [-0.4, -0.2) is 40.6 Å². The van der Waals surface area contributed by atoms with E-state index in [1.807, 2.05) is 6.08 Å². The van der Waals surface area contributed by atoms with Gasteiger partial charge in [0.1, 0.15) is 0 Å². The molecule has 0 aromatic carbocycles. The number of aliphatic hydroxyl groups is 1. The third-order valence-corrected chi connectivity index (χ3v) is 15.6. The quantitative estimate of drug-likeness (QED) is 0.574. The van der Waals surface area contributed by atoms with Gasteiger partial charge in [-0.25, -0.2) is 0 Å². The lowest BCUT2D eigenvalue weighted by Gasteiger charge is -2.45. The van der Waals surface area contributed by atoms with Crippen LogP contribution in [0, 0.1) is 0 Å². The lowest BCUT2D eigenvalue weighted by Crippen LogP contribution is -2.49. The van der Waals surface area contributed by atoms with Crippen LogP contribution in [0.4, 0.5) is 0 Å². The van der Waals surface area contributed by atoms with Gasteiger partial charge in [0.2, 0.25) is 0 Å². The minimum absolute atomic E-state index is 0.0165. The second kappa shape index (κ2) is 8.04. The molecule has 1 rings (SSSR count). The highest BCUT2D eigenvalue weighted by Crippen LogP contribution is 2.43. The molecule has 0 aliphatic heterocycles. The molecule has 0 aromatic heterocycles. The van der Waals surface area contributed by atoms with E-state index in [4.69, 9.17) is 8.85 Å². The first-order valence-corrected chi connectivity index (χ1v) is 15.7. The number of rotatable bonds is 5. The Hall–Kier alpha value is -0.206. The minimum Gasteiger partial charge on any atom is -0.413 e. The maximum absolute atomic E-state index is 9.45. The third kappa shape index (κ3) is 5.65. The van der Waals surface area contributed by atoms with Gasteiger partial charge in [-0.2, -0.15) is 0 Å². The zero-order valence-electron chi connectivity index (χ0n) is 18.8. The van der Waals surface area contributed by atoms with Crippen LogP contribution < -0.4 is 0 Å². The summed E-state index contributed by atoms with van der Waals surface area (Å²) in [5.74, 6) is 0. The van der Waals surface area contributed by atoms with E-state index in [0.717, 1.165) is 24.0 Å². The molecule has 5 heteroatoms. The summed E-state index contributed by atoms with van der Waals surface area (Å²) in [4.78, 5) is 0. The first kappa shape index (κ1) is 23.8. The van der Waals surface area contributed by atoms with Crippen LogP contribution in [-0.2, 0) is 8.85 Å². The maximum atomic E-state index is 9.45. The van der Waals surface area contributed by atoms with Gasteiger partial charge in [0.05, 0.1) is 18.8 Å². The van der Waals surface area contributed by atoms with Crippen LogP contribution in [0.1, 0.15) is 54.4 Å². The van der Waals surface area contributed by atoms with Gasteiger partial charge in [-0.3, -0.25) is 0 Å². The van der Waals surface area contributed by atoms with Crippen molar-refractivity contribution < 1.29 is 14.0 Å². The highest BCUT2D eigenvalue weighted by atomic mass is 28.4. The van der Waals surface area contributed by atoms with Crippen LogP contribution in [0.5, 0.6) is 0 Å². The van der Waals surface area contributed by atoms with Crippen molar-refractivity contribution >= 4 is 16.6 Å². The highest BCUT2D eigenvalue weighted by Gasteiger charge is 2.44. The Morgan fingerprint density at radius 2 is 1.46 bits per heavy atom. The van der Waals surface area contributed by atoms with Crippen LogP contribution >= 0.6 is 0 Å². The smallest absolute Gasteiger partial charge is 0.192 e. The molecule has 1 fully saturated rings. The van der Waals surface area contributed by atoms with E-state index < -0.39 is 16.6 Å². The van der Waals surface area contributed by atoms with Crippen molar-refractivity contribution in [2.45, 2.75) is 103 Å². The molecule has 0 saturated heterocycles. The van der Waals surface area contributed by atoms with Crippen molar-refractivity contribution in [3.63, 3.8) is 0 Å². The summed E-state index contributed by atoms with van der Waals surface area (Å²) < 4.78 is 13.4. The highest BCUT2D eigenvalue weighted by molar-refractivity contribution is 6.74. The molecular formula is C21H42O3Si2. The normalized spacial score (nSPS) is 25.0. The number of hydrogen-bond donors (Lipinski definition) is 1. The molecule has 1 aliphatic carbocycles. The summed E-state index contributed by atoms with van der Waals surface area (Å²) in [5.41, 5.74) is 2.13. The van der Waals surface area contributed by atoms with Crippen molar-refractivity contribution in [1.82, 2.24) is 0 Å². The second-order valence-corrected chi connectivity index (χ2v) is 20.3. The van der Waals surface area contributed by atoms with Gasteiger partial charge in [-0.05, 0) is 53.8 Å². The fourth-order valence-electron chi connectivity index (χ4n) is 2.71. The average molecular weight is 399 g/mol. The average Bonchev–Trinajstić information content (AvgIpc) is 2.40. The predicted octanol–water partition coefficient (Wildman–Crippen LogP) is 6.04. The molecule has 0 radical (unpaired) electrons. The molecule has 2 atom stereocenters. The molecule has 152 valence electrons. The molecule has 0 amide bonds. The minimum atomic E-state index is -1.91. The van der Waals surface area contributed by atoms with E-state index in [1.165, 1.54) is 0 Å². The van der Waals surface area contributed by atoms with E-state index in [2.05, 4.69) is 74.3 Å². The fraction of sp³-hybridized carbons (Fsp3) is 0.810. The van der Waals surface area contributed by atoms with Gasteiger partial charge < -0.3 is 14.0 Å². The van der Waals surface area contributed by atoms with Crippen LogP contribution in [0.15, 0.2) is 23.8 Å². The largest absolute Gasteiger partial charge is 0.413 e. The van der Waals surface area contributed by atoms with Gasteiger partial charge in [0.15, 0.2) is 16.6 Å². The Labute approximate surface area is 164 Å². The van der Waals surface area contributed by atoms with Crippen molar-refractivity contribution in [2.24, 2.45) is 0 Å². The molecule has 26 heavy (non-hydrogen) atoms. The lowest BCUT2D eigenvalue weighted by molar-refractivity contribution is 0.0967. The van der Waals surface area contributed by atoms with Gasteiger partial charge >= 0.3 is 0 Å². The number of aliphatic hydroxyl groups excluding tert-OH is 1. The zero-order chi connectivity index (χ0) is 20.6. The first-order valence-electron chi connectivity index (χ1n) is 9.86. The molecule has 0 aromatic rings. The summed E-state index contributed by atoms with van der Waals surface area (Å²) in [6.07, 6.45) is 3.68. The summed E-state index contributed by atoms with van der Waals surface area (Å²) >= 11 is 0. The molecule has 0 heterocycles. The molecule has 1 N–H and O–H groups in total. The summed E-state index contributed by atoms with van der Waals surface area (Å²) in [6.45, 7) is 27.1. The maximum Gasteiger partial charge on any atom is 0.192 e. The zero-order valence-corrected chi connectivity index (χ0v) is 20.8. The Morgan fingerprint density at radius 3 is 1.88 bits per heavy atom. The topological polar surface area (TPSA) is 38.7 Å². The summed E-state index contributed by atoms with van der Waals surface area (Å²) in [5, 5.41) is 9.78. The molecular weight excluding hydrogens is 356 g/mol. The van der Waals surface area contributed by atoms with Crippen LogP contribution in [0.2, 0.25) is 36.3 Å². The molecule has 1 aliphatic rings. The Balaban J connectivity index is 3.08. The molecule has 1 saturated carbocycles. The van der Waals surface area contributed by atoms with Crippen LogP contribution in [0.3, 0.4) is 0 Å². The van der Waals surface area contributed by atoms with E-state index in [-0.39, 0.29) is 28.9 Å². The summed E-state index contributed by atoms with van der Waals surface area (Å²) in [6, 6.07) is 0. The SMILES string of the molecule is C=C1/C(=C/CO)C[C@@H](O[Si](C)(C)C(C)(C)C)C[C@@H]1O[Si](C)(C)C(C)(C)C. The van der Waals surface area contributed by atoms with Crippen molar-refractivity contribution in [1.29, 1.82) is 0 Å². The first-order chi connectivity index (χ1) is 11.5. The third-order valence-electron chi connectivity index (χ3n) is 6.57. The van der Waals surface area contributed by atoms with E-state index in [9.17, 15) is 5.11 Å². The van der Waals surface area contributed by atoms with Crippen molar-refractivity contribution in [3.05, 3.63) is 23.8 Å². The van der Waals surface area contributed by atoms with Crippen molar-refractivity contribution in [2.75, 3.05) is 6.61 Å². The summed E-state index contributed by atoms with van der Waals surface area (Å²) in [7, 11) is -3.76. The van der Waals surface area contributed by atoms with Crippen molar-refractivity contribution in [3.8, 4) is 0 Å². The molecule has 0 spiro atoms. The van der Waals surface area contributed by atoms with E-state index in [1.54, 1.807) is 0 Å². The molecule has 0 unspecified atom stereocenters. The standard InChI is InChI=1S/C21H42O3Si2/c1-16-17(12-13-22)14-18(23-25(8,9)20(2,3)4)15-19(16)24-26(10,11)21(5,6)7/h12,18-19,22H,1,13-15H2,2-11H3/b17-12+/t18-,19+/m1/s1. The van der Waals surface area contributed by atoms with E-state index >= 15 is 0 Å². The number of hydrogen-bond acceptors (Lipinski definition) is 3. The Bertz CT molecular complexity index is 536. The predicted molar refractivity (Wildman–Crippen MR) is 118 cm³/mol. The lowest BCUT2D eigenvalue weighted by atomic mass is 9.86. The van der Waals surface area contributed by atoms with Gasteiger partial charge in [0, 0.05) is 6.42 Å². The second-order valence-electron chi connectivity index (χ2n) is 10.7. The van der Waals surface area contributed by atoms with Crippen LogP contribution in [0.25, 0.3) is 0 Å².